The Kier molecular flexibility index (Phi) is 7.66. The monoisotopic (exact) mass is 642 g/mol. The number of pyridine rings is 2. The van der Waals surface area contributed by atoms with E-state index in [4.69, 9.17) is 8.22 Å². The van der Waals surface area contributed by atoms with Crippen molar-refractivity contribution in [1.82, 2.24) is 9.97 Å². The molecule has 0 saturated heterocycles. The number of thioether (sulfide) groups is 2. The maximum Gasteiger partial charge on any atom is 0.0998 e. The van der Waals surface area contributed by atoms with Crippen LogP contribution in [0.5, 0.6) is 0 Å². The van der Waals surface area contributed by atoms with Gasteiger partial charge in [0.25, 0.3) is 0 Å². The summed E-state index contributed by atoms with van der Waals surface area (Å²) in [5.41, 5.74) is 4.86. The number of hydrogen-bond acceptors (Lipinski definition) is 6. The van der Waals surface area contributed by atoms with Crippen molar-refractivity contribution in [2.75, 3.05) is 0 Å². The van der Waals surface area contributed by atoms with Crippen molar-refractivity contribution < 1.29 is 8.22 Å². The molecular weight excluding hydrogens is 601 g/mol. The van der Waals surface area contributed by atoms with E-state index in [0.29, 0.717) is 11.1 Å². The molecular formula is C40H36N4S2. The van der Waals surface area contributed by atoms with Gasteiger partial charge in [0.15, 0.2) is 0 Å². The van der Waals surface area contributed by atoms with Crippen molar-refractivity contribution in [3.63, 3.8) is 0 Å². The third-order valence-electron chi connectivity index (χ3n) is 6.96. The quantitative estimate of drug-likeness (QED) is 0.178. The molecule has 0 unspecified atom stereocenters. The summed E-state index contributed by atoms with van der Waals surface area (Å²) in [6, 6.07) is 31.0. The lowest BCUT2D eigenvalue weighted by Crippen LogP contribution is -2.07. The third-order valence-corrected chi connectivity index (χ3v) is 9.13. The molecule has 228 valence electrons. The summed E-state index contributed by atoms with van der Waals surface area (Å²) in [6.07, 6.45) is 6.86. The van der Waals surface area contributed by atoms with Gasteiger partial charge in [-0.3, -0.25) is 9.97 Å². The molecule has 0 spiro atoms. The lowest BCUT2D eigenvalue weighted by molar-refractivity contribution is 0.802. The van der Waals surface area contributed by atoms with E-state index in [1.54, 1.807) is 64.6 Å². The Hall–Kier alpha value is -4.62. The van der Waals surface area contributed by atoms with Crippen LogP contribution in [0.1, 0.15) is 60.8 Å². The number of aromatic nitrogens is 2. The number of nitriles is 2. The first-order valence-corrected chi connectivity index (χ1v) is 16.2. The third kappa shape index (κ3) is 7.60. The molecule has 2 heterocycles. The lowest BCUT2D eigenvalue weighted by Gasteiger charge is -2.20. The fourth-order valence-electron chi connectivity index (χ4n) is 5.16. The van der Waals surface area contributed by atoms with Gasteiger partial charge in [-0.05, 0) is 46.2 Å². The van der Waals surface area contributed by atoms with Crippen molar-refractivity contribution in [3.8, 4) is 34.4 Å². The van der Waals surface area contributed by atoms with E-state index in [-0.39, 0.29) is 0 Å². The van der Waals surface area contributed by atoms with E-state index in [1.807, 2.05) is 72.8 Å². The van der Waals surface area contributed by atoms with Gasteiger partial charge in [0.1, 0.15) is 0 Å². The largest absolute Gasteiger partial charge is 0.264 e. The minimum absolute atomic E-state index is 0.616. The van der Waals surface area contributed by atoms with Crippen LogP contribution >= 0.6 is 23.5 Å². The first-order chi connectivity index (χ1) is 24.5. The molecule has 6 heteroatoms. The van der Waals surface area contributed by atoms with Crippen molar-refractivity contribution >= 4 is 45.1 Å². The van der Waals surface area contributed by atoms with Gasteiger partial charge in [-0.25, -0.2) is 0 Å². The smallest absolute Gasteiger partial charge is 0.0998 e. The summed E-state index contributed by atoms with van der Waals surface area (Å²) in [5, 5.41) is 22.4. The summed E-state index contributed by atoms with van der Waals surface area (Å²) < 4.78 is 44.9. The van der Waals surface area contributed by atoms with E-state index in [9.17, 15) is 10.5 Å². The highest BCUT2D eigenvalue weighted by Crippen LogP contribution is 2.42. The SMILES string of the molecule is [2H]C([2H])([2H])C(C)(C)Sc1ccncc1-c1ccc(C#N)c2ccccc12.[2H]C([2H])([2H])C(C)(C)Sc1ccncc1-c1ccc(C#N)c2ccccc12. The summed E-state index contributed by atoms with van der Waals surface area (Å²) in [7, 11) is 0. The predicted molar refractivity (Wildman–Crippen MR) is 195 cm³/mol. The number of hydrogen-bond donors (Lipinski definition) is 0. The molecule has 4 aromatic carbocycles. The highest BCUT2D eigenvalue weighted by molar-refractivity contribution is 8.01. The summed E-state index contributed by atoms with van der Waals surface area (Å²) in [5.74, 6) is 0. The average Bonchev–Trinajstić information content (AvgIpc) is 3.10. The van der Waals surface area contributed by atoms with Gasteiger partial charge in [-0.2, -0.15) is 10.5 Å². The molecule has 4 nitrogen and oxygen atoms in total. The number of benzene rings is 4. The van der Waals surface area contributed by atoms with Gasteiger partial charge in [0.2, 0.25) is 0 Å². The first-order valence-electron chi connectivity index (χ1n) is 17.6. The highest BCUT2D eigenvalue weighted by Gasteiger charge is 2.19. The average molecular weight is 643 g/mol. The maximum atomic E-state index is 9.37. The number of rotatable bonds is 4. The summed E-state index contributed by atoms with van der Waals surface area (Å²) in [4.78, 5) is 10.2. The van der Waals surface area contributed by atoms with Crippen LogP contribution in [0, 0.1) is 22.7 Å². The van der Waals surface area contributed by atoms with Crippen LogP contribution in [0.25, 0.3) is 43.8 Å². The molecule has 0 bridgehead atoms. The fourth-order valence-corrected chi connectivity index (χ4v) is 7.06. The van der Waals surface area contributed by atoms with Crippen molar-refractivity contribution in [3.05, 3.63) is 121 Å². The molecule has 0 aliphatic heterocycles. The van der Waals surface area contributed by atoms with Crippen LogP contribution in [0.2, 0.25) is 0 Å². The molecule has 0 N–H and O–H groups in total. The molecule has 0 fully saturated rings. The lowest BCUT2D eigenvalue weighted by atomic mass is 9.96. The van der Waals surface area contributed by atoms with Crippen LogP contribution in [-0.2, 0) is 0 Å². The van der Waals surface area contributed by atoms with E-state index in [1.165, 1.54) is 23.5 Å². The fraction of sp³-hybridized carbons (Fsp3) is 0.200. The topological polar surface area (TPSA) is 73.4 Å². The second-order valence-electron chi connectivity index (χ2n) is 11.6. The first kappa shape index (κ1) is 25.6. The number of nitrogens with zero attached hydrogens (tertiary/aromatic N) is 4. The normalized spacial score (nSPS) is 13.9. The standard InChI is InChI=1S/2C20H18N2S/c2*1-20(2,3)23-19-10-11-22-13-18(19)17-9-8-14(12-21)15-6-4-5-7-16(15)17/h2*4-11,13H,1-3H3/i2*1D3. The maximum absolute atomic E-state index is 9.37. The molecule has 0 aliphatic carbocycles. The van der Waals surface area contributed by atoms with Crippen LogP contribution in [0.4, 0.5) is 0 Å². The van der Waals surface area contributed by atoms with Gasteiger partial charge >= 0.3 is 0 Å². The second kappa shape index (κ2) is 13.8. The van der Waals surface area contributed by atoms with Gasteiger partial charge in [0.05, 0.1) is 23.3 Å². The minimum atomic E-state index is -2.09. The molecule has 2 aromatic heterocycles. The van der Waals surface area contributed by atoms with E-state index in [0.717, 1.165) is 53.6 Å². The highest BCUT2D eigenvalue weighted by atomic mass is 32.2. The van der Waals surface area contributed by atoms with Crippen LogP contribution in [0.15, 0.2) is 120 Å². The van der Waals surface area contributed by atoms with E-state index < -0.39 is 23.2 Å². The summed E-state index contributed by atoms with van der Waals surface area (Å²) >= 11 is 2.65. The molecule has 0 atom stereocenters. The van der Waals surface area contributed by atoms with Crippen LogP contribution < -0.4 is 0 Å². The van der Waals surface area contributed by atoms with Gasteiger partial charge in [-0.1, -0.05) is 102 Å². The van der Waals surface area contributed by atoms with Crippen molar-refractivity contribution in [1.29, 1.82) is 10.5 Å². The minimum Gasteiger partial charge on any atom is -0.264 e. The van der Waals surface area contributed by atoms with Gasteiger partial charge in [-0.15, -0.1) is 23.5 Å². The van der Waals surface area contributed by atoms with Crippen LogP contribution in [0.3, 0.4) is 0 Å². The Morgan fingerprint density at radius 1 is 0.543 bits per heavy atom. The molecule has 6 rings (SSSR count). The van der Waals surface area contributed by atoms with Crippen molar-refractivity contribution in [2.24, 2.45) is 0 Å². The zero-order chi connectivity index (χ0) is 37.9. The number of fused-ring (bicyclic) bond motifs is 2. The zero-order valence-electron chi connectivity index (χ0n) is 32.0. The molecule has 0 radical (unpaired) electrons. The van der Waals surface area contributed by atoms with E-state index in [2.05, 4.69) is 22.1 Å². The molecule has 0 saturated carbocycles. The Morgan fingerprint density at radius 2 is 0.935 bits per heavy atom. The molecule has 0 amide bonds. The van der Waals surface area contributed by atoms with Crippen LogP contribution in [-0.4, -0.2) is 19.5 Å². The predicted octanol–water partition coefficient (Wildman–Crippen LogP) is 11.3. The molecule has 46 heavy (non-hydrogen) atoms. The zero-order valence-corrected chi connectivity index (χ0v) is 27.6. The second-order valence-corrected chi connectivity index (χ2v) is 14.9. The summed E-state index contributed by atoms with van der Waals surface area (Å²) in [6.45, 7) is 2.73. The molecule has 6 aromatic rings. The van der Waals surface area contributed by atoms with Gasteiger partial charge < -0.3 is 0 Å². The molecule has 0 aliphatic rings. The Morgan fingerprint density at radius 3 is 1.30 bits per heavy atom. The Bertz CT molecular complexity index is 2170. The van der Waals surface area contributed by atoms with E-state index >= 15 is 0 Å². The van der Waals surface area contributed by atoms with Crippen molar-refractivity contribution in [2.45, 2.75) is 60.7 Å². The van der Waals surface area contributed by atoms with Gasteiger partial charge in [0, 0.05) is 74.2 Å². The Labute approximate surface area is 289 Å². The Balaban J connectivity index is 0.000000201.